The molecule has 18 heteroatoms. The second kappa shape index (κ2) is 19.4. The van der Waals surface area contributed by atoms with Gasteiger partial charge in [0.05, 0.1) is 56.8 Å². The highest BCUT2D eigenvalue weighted by Gasteiger charge is 2.41. The molecule has 0 bridgehead atoms. The number of ether oxygens (including phenoxy) is 4. The number of alkyl carbamates (subject to hydrolysis) is 2. The van der Waals surface area contributed by atoms with E-state index in [1.165, 1.54) is 26.2 Å². The van der Waals surface area contributed by atoms with Crippen molar-refractivity contribution in [2.45, 2.75) is 63.7 Å². The van der Waals surface area contributed by atoms with Crippen LogP contribution in [0.3, 0.4) is 0 Å². The number of nitrogens with one attached hydrogen (secondary N) is 4. The van der Waals surface area contributed by atoms with E-state index in [9.17, 15) is 24.0 Å². The monoisotopic (exact) mass is 851 g/mol. The Balaban J connectivity index is 1.05. The van der Waals surface area contributed by atoms with Crippen molar-refractivity contribution in [1.82, 2.24) is 45.3 Å². The van der Waals surface area contributed by atoms with E-state index in [4.69, 9.17) is 23.9 Å². The van der Waals surface area contributed by atoms with Crippen molar-refractivity contribution in [2.24, 2.45) is 11.8 Å². The number of methoxy groups -OCH3 is 3. The molecule has 0 unspecified atom stereocenters. The molecule has 3 aliphatic rings. The third kappa shape index (κ3) is 9.62. The van der Waals surface area contributed by atoms with Crippen LogP contribution in [0.25, 0.3) is 22.3 Å². The fourth-order valence-electron chi connectivity index (χ4n) is 8.36. The van der Waals surface area contributed by atoms with E-state index < -0.39 is 36.4 Å². The smallest absolute Gasteiger partial charge is 0.409 e. The van der Waals surface area contributed by atoms with Gasteiger partial charge < -0.3 is 54.2 Å². The lowest BCUT2D eigenvalue weighted by Crippen LogP contribution is -2.58. The number of benzene rings is 2. The minimum atomic E-state index is -0.851. The zero-order valence-electron chi connectivity index (χ0n) is 35.6. The molecule has 0 radical (unpaired) electrons. The SMILES string of the molecule is COC(=O)N[C@H](C(=O)N1CCN(C(=O)OC)C[C@H]1c1ncc(-c2ccc(C#Cc3ccc4nc([C@@H]5CCCN5C(=O)[C@@H](NC(=O)OC)C5CCOCC5)[nH]c4c3)cc2)[nH]1)C(C)C. The van der Waals surface area contributed by atoms with Gasteiger partial charge in [-0.3, -0.25) is 9.59 Å². The standard InChI is InChI=1S/C44H53N9O9/c1-26(2)36(49-42(56)59-3)40(54)53-20-19-51(44(58)61-5)25-35(53)38-45-24-33(48-38)29-13-10-27(11-14-29)8-9-28-12-15-31-32(23-28)47-39(46-31)34-7-6-18-52(34)41(55)37(50-43(57)60-4)30-16-21-62-22-17-30/h10-15,23-24,26,30,34-37H,6-7,16-22,25H2,1-5H3,(H,45,48)(H,46,47)(H,49,56)(H,50,57)/t34-,35-,36-,37-/m0/s1. The third-order valence-corrected chi connectivity index (χ3v) is 11.8. The third-order valence-electron chi connectivity index (χ3n) is 11.8. The van der Waals surface area contributed by atoms with Gasteiger partial charge in [0.1, 0.15) is 29.8 Å². The van der Waals surface area contributed by atoms with Crippen LogP contribution in [0.4, 0.5) is 14.4 Å². The van der Waals surface area contributed by atoms with Gasteiger partial charge in [0.25, 0.3) is 0 Å². The molecule has 2 aromatic carbocycles. The number of likely N-dealkylation sites (tertiary alicyclic amines) is 1. The number of nitrogens with zero attached hydrogens (tertiary/aromatic N) is 5. The molecule has 0 saturated carbocycles. The van der Waals surface area contributed by atoms with Crippen LogP contribution >= 0.6 is 0 Å². The van der Waals surface area contributed by atoms with Gasteiger partial charge in [0, 0.05) is 44.0 Å². The van der Waals surface area contributed by atoms with Crippen molar-refractivity contribution in [2.75, 3.05) is 60.7 Å². The van der Waals surface area contributed by atoms with Crippen molar-refractivity contribution in [3.8, 4) is 23.1 Å². The number of amides is 5. The van der Waals surface area contributed by atoms with Gasteiger partial charge in [-0.15, -0.1) is 0 Å². The molecule has 7 rings (SSSR count). The van der Waals surface area contributed by atoms with Crippen LogP contribution in [0.5, 0.6) is 0 Å². The number of H-pyrrole nitrogens is 2. The highest BCUT2D eigenvalue weighted by atomic mass is 16.5. The molecule has 0 spiro atoms. The summed E-state index contributed by atoms with van der Waals surface area (Å²) in [5, 5.41) is 5.44. The maximum atomic E-state index is 14.0. The Hall–Kier alpha value is -6.61. The normalized spacial score (nSPS) is 19.0. The maximum absolute atomic E-state index is 14.0. The van der Waals surface area contributed by atoms with E-state index in [0.717, 1.165) is 40.6 Å². The summed E-state index contributed by atoms with van der Waals surface area (Å²) in [5.74, 6) is 6.91. The average Bonchev–Trinajstić information content (AvgIpc) is 4.09. The largest absolute Gasteiger partial charge is 0.453 e. The number of carbonyl (C=O) groups is 5. The van der Waals surface area contributed by atoms with Gasteiger partial charge in [0.15, 0.2) is 0 Å². The Labute approximate surface area is 359 Å². The van der Waals surface area contributed by atoms with Gasteiger partial charge >= 0.3 is 18.3 Å². The van der Waals surface area contributed by atoms with Gasteiger partial charge in [-0.1, -0.05) is 37.8 Å². The van der Waals surface area contributed by atoms with E-state index in [-0.39, 0.29) is 49.3 Å². The molecule has 5 heterocycles. The predicted octanol–water partition coefficient (Wildman–Crippen LogP) is 4.50. The number of fused-ring (bicyclic) bond motifs is 1. The number of piperazine rings is 1. The second-order valence-electron chi connectivity index (χ2n) is 15.9. The lowest BCUT2D eigenvalue weighted by Gasteiger charge is -2.41. The van der Waals surface area contributed by atoms with Crippen molar-refractivity contribution < 1.29 is 42.9 Å². The number of rotatable bonds is 9. The molecule has 5 amide bonds. The molecule has 3 aliphatic heterocycles. The molecule has 2 aromatic heterocycles. The summed E-state index contributed by atoms with van der Waals surface area (Å²) in [4.78, 5) is 86.1. The van der Waals surface area contributed by atoms with Crippen LogP contribution in [0.15, 0.2) is 48.7 Å². The van der Waals surface area contributed by atoms with Crippen LogP contribution in [0, 0.1) is 23.7 Å². The molecule has 62 heavy (non-hydrogen) atoms. The lowest BCUT2D eigenvalue weighted by atomic mass is 9.90. The number of hydrogen-bond donors (Lipinski definition) is 4. The quantitative estimate of drug-likeness (QED) is 0.136. The van der Waals surface area contributed by atoms with E-state index in [1.807, 2.05) is 61.2 Å². The first kappa shape index (κ1) is 43.5. The summed E-state index contributed by atoms with van der Waals surface area (Å²) in [6, 6.07) is 11.0. The minimum Gasteiger partial charge on any atom is -0.453 e. The second-order valence-corrected chi connectivity index (χ2v) is 15.9. The topological polar surface area (TPSA) is 213 Å². The summed E-state index contributed by atoms with van der Waals surface area (Å²) in [6.07, 6.45) is 2.73. The molecule has 0 aliphatic carbocycles. The Morgan fingerprint density at radius 2 is 1.48 bits per heavy atom. The Kier molecular flexibility index (Phi) is 13.6. The number of imidazole rings is 2. The van der Waals surface area contributed by atoms with Crippen LogP contribution in [-0.4, -0.2) is 138 Å². The Bertz CT molecular complexity index is 2330. The molecule has 3 fully saturated rings. The van der Waals surface area contributed by atoms with Gasteiger partial charge in [-0.25, -0.2) is 24.4 Å². The molecule has 328 valence electrons. The molecular formula is C44H53N9O9. The van der Waals surface area contributed by atoms with Crippen LogP contribution in [0.1, 0.15) is 74.4 Å². The highest BCUT2D eigenvalue weighted by Crippen LogP contribution is 2.34. The summed E-state index contributed by atoms with van der Waals surface area (Å²) < 4.78 is 20.1. The number of aromatic nitrogens is 4. The van der Waals surface area contributed by atoms with Crippen molar-refractivity contribution in [3.63, 3.8) is 0 Å². The van der Waals surface area contributed by atoms with E-state index in [2.05, 4.69) is 37.4 Å². The molecular weight excluding hydrogens is 799 g/mol. The molecule has 4 N–H and O–H groups in total. The molecule has 4 atom stereocenters. The summed E-state index contributed by atoms with van der Waals surface area (Å²) in [6.45, 7) is 5.91. The zero-order valence-corrected chi connectivity index (χ0v) is 35.6. The average molecular weight is 852 g/mol. The first-order valence-electron chi connectivity index (χ1n) is 20.9. The summed E-state index contributed by atoms with van der Waals surface area (Å²) in [7, 11) is 3.85. The predicted molar refractivity (Wildman–Crippen MR) is 225 cm³/mol. The summed E-state index contributed by atoms with van der Waals surface area (Å²) >= 11 is 0. The number of aromatic amines is 2. The van der Waals surface area contributed by atoms with E-state index in [0.29, 0.717) is 49.9 Å². The maximum Gasteiger partial charge on any atom is 0.409 e. The summed E-state index contributed by atoms with van der Waals surface area (Å²) in [5.41, 5.74) is 4.68. The molecule has 4 aromatic rings. The fourth-order valence-corrected chi connectivity index (χ4v) is 8.36. The van der Waals surface area contributed by atoms with E-state index in [1.54, 1.807) is 11.1 Å². The van der Waals surface area contributed by atoms with Gasteiger partial charge in [-0.2, -0.15) is 0 Å². The van der Waals surface area contributed by atoms with Crippen LogP contribution in [0.2, 0.25) is 0 Å². The van der Waals surface area contributed by atoms with E-state index >= 15 is 0 Å². The number of carbonyl (C=O) groups excluding carboxylic acids is 5. The minimum absolute atomic E-state index is 0.0514. The molecule has 18 nitrogen and oxygen atoms in total. The first-order chi connectivity index (χ1) is 30.0. The first-order valence-corrected chi connectivity index (χ1v) is 20.9. The van der Waals surface area contributed by atoms with Crippen molar-refractivity contribution in [1.29, 1.82) is 0 Å². The van der Waals surface area contributed by atoms with Gasteiger partial charge in [0.2, 0.25) is 11.8 Å². The van der Waals surface area contributed by atoms with Crippen LogP contribution < -0.4 is 10.6 Å². The zero-order chi connectivity index (χ0) is 43.9. The van der Waals surface area contributed by atoms with Crippen LogP contribution in [-0.2, 0) is 28.5 Å². The fraction of sp³-hybridized carbons (Fsp3) is 0.477. The van der Waals surface area contributed by atoms with Crippen molar-refractivity contribution in [3.05, 3.63) is 71.4 Å². The lowest BCUT2D eigenvalue weighted by molar-refractivity contribution is -0.139. The van der Waals surface area contributed by atoms with Crippen molar-refractivity contribution >= 4 is 41.1 Å². The Morgan fingerprint density at radius 1 is 0.790 bits per heavy atom. The molecule has 3 saturated heterocycles. The highest BCUT2D eigenvalue weighted by molar-refractivity contribution is 5.87. The van der Waals surface area contributed by atoms with Gasteiger partial charge in [-0.05, 0) is 73.4 Å². The Morgan fingerprint density at radius 3 is 2.19 bits per heavy atom. The number of hydrogen-bond acceptors (Lipinski definition) is 11.